The van der Waals surface area contributed by atoms with Crippen molar-refractivity contribution in [2.75, 3.05) is 7.05 Å². The summed E-state index contributed by atoms with van der Waals surface area (Å²) in [6.45, 7) is 0. The molecular formula is C20H28N2O. The first-order valence-electron chi connectivity index (χ1n) is 9.31. The maximum Gasteiger partial charge on any atom is 0.226 e. The summed E-state index contributed by atoms with van der Waals surface area (Å²) < 4.78 is 0. The lowest BCUT2D eigenvalue weighted by molar-refractivity contribution is -0.131. The van der Waals surface area contributed by atoms with Crippen LogP contribution in [0.15, 0.2) is 18.2 Å². The first-order valence-corrected chi connectivity index (χ1v) is 9.31. The van der Waals surface area contributed by atoms with Crippen molar-refractivity contribution in [2.24, 2.45) is 0 Å². The van der Waals surface area contributed by atoms with Crippen molar-refractivity contribution >= 4 is 5.91 Å². The van der Waals surface area contributed by atoms with E-state index >= 15 is 0 Å². The van der Waals surface area contributed by atoms with E-state index in [4.69, 9.17) is 0 Å². The Morgan fingerprint density at radius 1 is 1.13 bits per heavy atom. The summed E-state index contributed by atoms with van der Waals surface area (Å²) in [5.74, 6) is 0.284. The fourth-order valence-electron chi connectivity index (χ4n) is 4.74. The number of piperidine rings is 1. The van der Waals surface area contributed by atoms with Gasteiger partial charge in [0.05, 0.1) is 6.42 Å². The number of rotatable bonds is 3. The molecule has 2 heterocycles. The number of nitrogens with one attached hydrogen (secondary N) is 1. The standard InChI is InChI=1S/C20H28N2O/c1-22(19-12-17-8-9-18(13-19)21-17)20(23)11-14-6-7-15-4-2-3-5-16(15)10-14/h6-7,10,17-19,21H,2-5,8-9,11-13H2,1H3. The Morgan fingerprint density at radius 3 is 2.57 bits per heavy atom. The molecule has 3 nitrogen and oxygen atoms in total. The van der Waals surface area contributed by atoms with E-state index < -0.39 is 0 Å². The molecule has 0 aromatic heterocycles. The van der Waals surface area contributed by atoms with Crippen LogP contribution >= 0.6 is 0 Å². The zero-order chi connectivity index (χ0) is 15.8. The highest BCUT2D eigenvalue weighted by atomic mass is 16.2. The van der Waals surface area contributed by atoms with E-state index in [0.717, 1.165) is 12.8 Å². The molecule has 1 N–H and O–H groups in total. The Labute approximate surface area is 139 Å². The van der Waals surface area contributed by atoms with Crippen molar-refractivity contribution < 1.29 is 4.79 Å². The number of carbonyl (C=O) groups is 1. The van der Waals surface area contributed by atoms with Crippen molar-refractivity contribution in [3.05, 3.63) is 34.9 Å². The first kappa shape index (κ1) is 15.2. The molecule has 1 aromatic rings. The van der Waals surface area contributed by atoms with E-state index in [2.05, 4.69) is 23.5 Å². The number of carbonyl (C=O) groups excluding carboxylic acids is 1. The average molecular weight is 312 g/mol. The molecule has 2 unspecified atom stereocenters. The van der Waals surface area contributed by atoms with Crippen molar-refractivity contribution in [3.63, 3.8) is 0 Å². The topological polar surface area (TPSA) is 32.3 Å². The molecule has 3 heteroatoms. The molecule has 23 heavy (non-hydrogen) atoms. The molecule has 0 radical (unpaired) electrons. The molecule has 3 aliphatic rings. The highest BCUT2D eigenvalue weighted by molar-refractivity contribution is 5.79. The minimum Gasteiger partial charge on any atom is -0.342 e. The Hall–Kier alpha value is -1.35. The van der Waals surface area contributed by atoms with Gasteiger partial charge in [0.1, 0.15) is 0 Å². The monoisotopic (exact) mass is 312 g/mol. The summed E-state index contributed by atoms with van der Waals surface area (Å²) in [6, 6.07) is 8.41. The van der Waals surface area contributed by atoms with Gasteiger partial charge in [-0.1, -0.05) is 18.2 Å². The number of aryl methyl sites for hydroxylation is 2. The van der Waals surface area contributed by atoms with E-state index in [9.17, 15) is 4.79 Å². The summed E-state index contributed by atoms with van der Waals surface area (Å²) in [6.07, 6.45) is 10.4. The fourth-order valence-corrected chi connectivity index (χ4v) is 4.74. The van der Waals surface area contributed by atoms with Gasteiger partial charge in [-0.3, -0.25) is 4.79 Å². The zero-order valence-corrected chi connectivity index (χ0v) is 14.2. The molecule has 2 saturated heterocycles. The largest absolute Gasteiger partial charge is 0.342 e. The number of amides is 1. The minimum absolute atomic E-state index is 0.284. The molecule has 1 aromatic carbocycles. The Morgan fingerprint density at radius 2 is 1.83 bits per heavy atom. The summed E-state index contributed by atoms with van der Waals surface area (Å²) in [5.41, 5.74) is 4.17. The zero-order valence-electron chi connectivity index (χ0n) is 14.2. The van der Waals surface area contributed by atoms with Crippen molar-refractivity contribution in [1.82, 2.24) is 10.2 Å². The maximum absolute atomic E-state index is 12.7. The smallest absolute Gasteiger partial charge is 0.226 e. The first-order chi connectivity index (χ1) is 11.2. The van der Waals surface area contributed by atoms with Crippen molar-refractivity contribution in [3.8, 4) is 0 Å². The second kappa shape index (κ2) is 6.27. The second-order valence-electron chi connectivity index (χ2n) is 7.75. The van der Waals surface area contributed by atoms with Crippen molar-refractivity contribution in [1.29, 1.82) is 0 Å². The molecule has 124 valence electrons. The highest BCUT2D eigenvalue weighted by Gasteiger charge is 2.36. The number of hydrogen-bond acceptors (Lipinski definition) is 2. The molecule has 2 aliphatic heterocycles. The highest BCUT2D eigenvalue weighted by Crippen LogP contribution is 2.29. The van der Waals surface area contributed by atoms with Gasteiger partial charge in [-0.05, 0) is 68.1 Å². The maximum atomic E-state index is 12.7. The summed E-state index contributed by atoms with van der Waals surface area (Å²) >= 11 is 0. The third-order valence-corrected chi connectivity index (χ3v) is 6.16. The normalized spacial score (nSPS) is 29.2. The van der Waals surface area contributed by atoms with Crippen LogP contribution in [-0.4, -0.2) is 36.0 Å². The van der Waals surface area contributed by atoms with Gasteiger partial charge in [-0.2, -0.15) is 0 Å². The predicted octanol–water partition coefficient (Wildman–Crippen LogP) is 2.85. The molecule has 2 bridgehead atoms. The molecule has 2 atom stereocenters. The van der Waals surface area contributed by atoms with Gasteiger partial charge in [-0.25, -0.2) is 0 Å². The van der Waals surface area contributed by atoms with Gasteiger partial charge in [0, 0.05) is 25.2 Å². The molecule has 0 saturated carbocycles. The molecule has 0 spiro atoms. The van der Waals surface area contributed by atoms with Gasteiger partial charge < -0.3 is 10.2 Å². The van der Waals surface area contributed by atoms with E-state index in [1.54, 1.807) is 0 Å². The third-order valence-electron chi connectivity index (χ3n) is 6.16. The number of fused-ring (bicyclic) bond motifs is 3. The van der Waals surface area contributed by atoms with Crippen LogP contribution in [-0.2, 0) is 24.1 Å². The lowest BCUT2D eigenvalue weighted by Gasteiger charge is -2.35. The fraction of sp³-hybridized carbons (Fsp3) is 0.650. The summed E-state index contributed by atoms with van der Waals surface area (Å²) in [7, 11) is 2.01. The van der Waals surface area contributed by atoms with Crippen LogP contribution in [0.2, 0.25) is 0 Å². The minimum atomic E-state index is 0.284. The van der Waals surface area contributed by atoms with Gasteiger partial charge in [-0.15, -0.1) is 0 Å². The van der Waals surface area contributed by atoms with Crippen LogP contribution in [0, 0.1) is 0 Å². The second-order valence-corrected chi connectivity index (χ2v) is 7.75. The van der Waals surface area contributed by atoms with E-state index in [1.165, 1.54) is 55.2 Å². The molecular weight excluding hydrogens is 284 g/mol. The van der Waals surface area contributed by atoms with Crippen LogP contribution in [0.1, 0.15) is 55.2 Å². The average Bonchev–Trinajstić information content (AvgIpc) is 2.92. The number of benzene rings is 1. The SMILES string of the molecule is CN(C(=O)Cc1ccc2c(c1)CCCC2)C1CC2CCC(C1)N2. The van der Waals surface area contributed by atoms with Crippen LogP contribution < -0.4 is 5.32 Å². The number of nitrogens with zero attached hydrogens (tertiary/aromatic N) is 1. The summed E-state index contributed by atoms with van der Waals surface area (Å²) in [5, 5.41) is 3.66. The Kier molecular flexibility index (Phi) is 4.14. The van der Waals surface area contributed by atoms with Crippen LogP contribution in [0.5, 0.6) is 0 Å². The number of hydrogen-bond donors (Lipinski definition) is 1. The Bertz CT molecular complexity index is 585. The van der Waals surface area contributed by atoms with E-state index in [0.29, 0.717) is 24.5 Å². The van der Waals surface area contributed by atoms with Crippen molar-refractivity contribution in [2.45, 2.75) is 75.9 Å². The molecule has 1 aliphatic carbocycles. The Balaban J connectivity index is 1.41. The molecule has 2 fully saturated rings. The van der Waals surface area contributed by atoms with Crippen LogP contribution in [0.4, 0.5) is 0 Å². The quantitative estimate of drug-likeness (QED) is 0.931. The number of likely N-dealkylation sites (N-methyl/N-ethyl adjacent to an activating group) is 1. The lowest BCUT2D eigenvalue weighted by atomic mass is 9.90. The van der Waals surface area contributed by atoms with Gasteiger partial charge >= 0.3 is 0 Å². The van der Waals surface area contributed by atoms with Gasteiger partial charge in [0.2, 0.25) is 5.91 Å². The van der Waals surface area contributed by atoms with Gasteiger partial charge in [0.15, 0.2) is 0 Å². The van der Waals surface area contributed by atoms with Crippen LogP contribution in [0.3, 0.4) is 0 Å². The van der Waals surface area contributed by atoms with E-state index in [1.807, 2.05) is 11.9 Å². The summed E-state index contributed by atoms with van der Waals surface area (Å²) in [4.78, 5) is 14.8. The molecule has 4 rings (SSSR count). The van der Waals surface area contributed by atoms with Crippen LogP contribution in [0.25, 0.3) is 0 Å². The van der Waals surface area contributed by atoms with E-state index in [-0.39, 0.29) is 5.91 Å². The predicted molar refractivity (Wildman–Crippen MR) is 92.5 cm³/mol. The van der Waals surface area contributed by atoms with Gasteiger partial charge in [0.25, 0.3) is 0 Å². The lowest BCUT2D eigenvalue weighted by Crippen LogP contribution is -2.49. The third kappa shape index (κ3) is 3.16. The molecule has 1 amide bonds.